The van der Waals surface area contributed by atoms with Gasteiger partial charge in [0.1, 0.15) is 5.75 Å². The Morgan fingerprint density at radius 2 is 1.72 bits per heavy atom. The van der Waals surface area contributed by atoms with E-state index in [1.807, 2.05) is 0 Å². The summed E-state index contributed by atoms with van der Waals surface area (Å²) in [5.41, 5.74) is -0.180. The van der Waals surface area contributed by atoms with Crippen molar-refractivity contribution in [2.45, 2.75) is 17.8 Å². The van der Waals surface area contributed by atoms with Crippen molar-refractivity contribution in [2.75, 3.05) is 4.72 Å². The van der Waals surface area contributed by atoms with E-state index in [2.05, 4.69) is 14.4 Å². The lowest BCUT2D eigenvalue weighted by atomic mass is 10.2. The maximum Gasteiger partial charge on any atom is 0.573 e. The number of alkyl halides is 3. The van der Waals surface area contributed by atoms with E-state index in [1.54, 1.807) is 0 Å². The van der Waals surface area contributed by atoms with Crippen molar-refractivity contribution in [1.82, 2.24) is 14.1 Å². The minimum absolute atomic E-state index is 0.0411. The third-order valence-electron chi connectivity index (χ3n) is 4.89. The SMILES string of the molecule is O=c1n(Cc2ccncc2NS(=O)(=O)c2ccc(Cl)cc2)cc(O)n1-c1ccc(OC(F)(F)F)cc1. The van der Waals surface area contributed by atoms with Crippen molar-refractivity contribution < 1.29 is 31.4 Å². The van der Waals surface area contributed by atoms with Crippen LogP contribution in [0.5, 0.6) is 11.6 Å². The second-order valence-corrected chi connectivity index (χ2v) is 9.49. The van der Waals surface area contributed by atoms with Gasteiger partial charge in [0.25, 0.3) is 10.0 Å². The molecule has 36 heavy (non-hydrogen) atoms. The van der Waals surface area contributed by atoms with E-state index in [0.29, 0.717) is 10.6 Å². The summed E-state index contributed by atoms with van der Waals surface area (Å²) < 4.78 is 70.9. The highest BCUT2D eigenvalue weighted by Gasteiger charge is 2.31. The van der Waals surface area contributed by atoms with E-state index in [9.17, 15) is 31.5 Å². The molecule has 0 bridgehead atoms. The summed E-state index contributed by atoms with van der Waals surface area (Å²) in [5, 5.41) is 10.7. The summed E-state index contributed by atoms with van der Waals surface area (Å²) in [6, 6.07) is 11.3. The van der Waals surface area contributed by atoms with Gasteiger partial charge in [0.2, 0.25) is 5.88 Å². The normalized spacial score (nSPS) is 11.9. The van der Waals surface area contributed by atoms with Crippen LogP contribution < -0.4 is 15.1 Å². The van der Waals surface area contributed by atoms with Gasteiger partial charge >= 0.3 is 12.1 Å². The average Bonchev–Trinajstić information content (AvgIpc) is 3.07. The van der Waals surface area contributed by atoms with Crippen molar-refractivity contribution >= 4 is 27.3 Å². The molecule has 0 aliphatic carbocycles. The zero-order valence-electron chi connectivity index (χ0n) is 18.0. The van der Waals surface area contributed by atoms with E-state index in [1.165, 1.54) is 54.9 Å². The average molecular weight is 541 g/mol. The minimum Gasteiger partial charge on any atom is -0.493 e. The van der Waals surface area contributed by atoms with E-state index in [4.69, 9.17) is 11.6 Å². The van der Waals surface area contributed by atoms with Gasteiger partial charge in [-0.3, -0.25) is 14.3 Å². The Morgan fingerprint density at radius 3 is 2.36 bits per heavy atom. The third-order valence-corrected chi connectivity index (χ3v) is 6.52. The molecule has 0 saturated heterocycles. The molecule has 0 aliphatic rings. The minimum atomic E-state index is -4.87. The predicted octanol–water partition coefficient (Wildman–Crippen LogP) is 4.14. The first-order valence-corrected chi connectivity index (χ1v) is 11.9. The molecule has 0 fully saturated rings. The molecule has 0 spiro atoms. The summed E-state index contributed by atoms with van der Waals surface area (Å²) in [4.78, 5) is 16.8. The van der Waals surface area contributed by atoms with Gasteiger partial charge in [-0.15, -0.1) is 13.2 Å². The molecular formula is C22H16ClF3N4O5S. The Bertz CT molecular complexity index is 1550. The number of ether oxygens (including phenoxy) is 1. The number of nitrogens with zero attached hydrogens (tertiary/aromatic N) is 3. The van der Waals surface area contributed by atoms with E-state index in [-0.39, 0.29) is 22.8 Å². The molecule has 4 rings (SSSR count). The molecular weight excluding hydrogens is 525 g/mol. The van der Waals surface area contributed by atoms with Crippen LogP contribution in [0.3, 0.4) is 0 Å². The quantitative estimate of drug-likeness (QED) is 0.364. The van der Waals surface area contributed by atoms with Gasteiger partial charge in [0.05, 0.1) is 35.2 Å². The molecule has 0 unspecified atom stereocenters. The van der Waals surface area contributed by atoms with Crippen LogP contribution in [0.2, 0.25) is 5.02 Å². The number of sulfonamides is 1. The van der Waals surface area contributed by atoms with Crippen LogP contribution in [0.4, 0.5) is 18.9 Å². The van der Waals surface area contributed by atoms with Crippen LogP contribution >= 0.6 is 11.6 Å². The number of rotatable bonds is 7. The van der Waals surface area contributed by atoms with E-state index >= 15 is 0 Å². The number of pyridine rings is 1. The maximum atomic E-state index is 12.9. The van der Waals surface area contributed by atoms with Crippen molar-refractivity contribution in [2.24, 2.45) is 0 Å². The lowest BCUT2D eigenvalue weighted by Gasteiger charge is -2.12. The van der Waals surface area contributed by atoms with E-state index < -0.39 is 33.7 Å². The molecule has 2 heterocycles. The zero-order chi connectivity index (χ0) is 26.1. The first-order valence-electron chi connectivity index (χ1n) is 10.0. The van der Waals surface area contributed by atoms with Crippen molar-refractivity contribution in [3.63, 3.8) is 0 Å². The van der Waals surface area contributed by atoms with Gasteiger partial charge < -0.3 is 9.84 Å². The van der Waals surface area contributed by atoms with Crippen LogP contribution in [0, 0.1) is 0 Å². The molecule has 0 atom stereocenters. The number of hydrogen-bond donors (Lipinski definition) is 2. The van der Waals surface area contributed by atoms with Crippen LogP contribution in [0.25, 0.3) is 5.69 Å². The number of imidazole rings is 1. The lowest BCUT2D eigenvalue weighted by Crippen LogP contribution is -2.24. The topological polar surface area (TPSA) is 115 Å². The first-order chi connectivity index (χ1) is 16.9. The summed E-state index contributed by atoms with van der Waals surface area (Å²) in [6.07, 6.45) is -1.09. The third kappa shape index (κ3) is 5.63. The Hall–Kier alpha value is -3.97. The maximum absolute atomic E-state index is 12.9. The van der Waals surface area contributed by atoms with Crippen LogP contribution in [-0.2, 0) is 16.6 Å². The standard InChI is InChI=1S/C22H16ClF3N4O5S/c23-15-1-7-18(8-2-15)36(33,34)28-19-11-27-10-9-14(19)12-29-13-20(31)30(21(29)32)16-3-5-17(6-4-16)35-22(24,25)26/h1-11,13,28,31H,12H2. The molecule has 14 heteroatoms. The van der Waals surface area contributed by atoms with Crippen molar-refractivity contribution in [3.05, 3.63) is 94.3 Å². The number of benzene rings is 2. The smallest absolute Gasteiger partial charge is 0.493 e. The molecule has 0 amide bonds. The van der Waals surface area contributed by atoms with Gasteiger partial charge in [0.15, 0.2) is 0 Å². The monoisotopic (exact) mass is 540 g/mol. The highest BCUT2D eigenvalue weighted by Crippen LogP contribution is 2.25. The molecule has 0 aliphatic heterocycles. The fourth-order valence-electron chi connectivity index (χ4n) is 3.29. The lowest BCUT2D eigenvalue weighted by molar-refractivity contribution is -0.274. The molecule has 2 aromatic heterocycles. The van der Waals surface area contributed by atoms with Crippen molar-refractivity contribution in [1.29, 1.82) is 0 Å². The van der Waals surface area contributed by atoms with Crippen molar-refractivity contribution in [3.8, 4) is 17.3 Å². The number of hydrogen-bond acceptors (Lipinski definition) is 6. The summed E-state index contributed by atoms with van der Waals surface area (Å²) in [7, 11) is -4.00. The number of aromatic hydroxyl groups is 1. The van der Waals surface area contributed by atoms with E-state index in [0.717, 1.165) is 27.5 Å². The van der Waals surface area contributed by atoms with Gasteiger partial charge in [-0.1, -0.05) is 11.6 Å². The highest BCUT2D eigenvalue weighted by molar-refractivity contribution is 7.92. The second-order valence-electron chi connectivity index (χ2n) is 7.37. The molecule has 4 aromatic rings. The summed E-state index contributed by atoms with van der Waals surface area (Å²) >= 11 is 5.81. The van der Waals surface area contributed by atoms with Gasteiger partial charge in [0, 0.05) is 11.2 Å². The Balaban J connectivity index is 1.61. The predicted molar refractivity (Wildman–Crippen MR) is 124 cm³/mol. The first kappa shape index (κ1) is 25.1. The zero-order valence-corrected chi connectivity index (χ0v) is 19.5. The van der Waals surface area contributed by atoms with Crippen LogP contribution in [0.15, 0.2) is 82.9 Å². The van der Waals surface area contributed by atoms with Gasteiger partial charge in [-0.2, -0.15) is 0 Å². The highest BCUT2D eigenvalue weighted by atomic mass is 35.5. The number of nitrogens with one attached hydrogen (secondary N) is 1. The fourth-order valence-corrected chi connectivity index (χ4v) is 4.50. The van der Waals surface area contributed by atoms with Gasteiger partial charge in [-0.05, 0) is 60.2 Å². The molecule has 9 nitrogen and oxygen atoms in total. The molecule has 0 saturated carbocycles. The van der Waals surface area contributed by atoms with Crippen LogP contribution in [0.1, 0.15) is 5.56 Å². The Morgan fingerprint density at radius 1 is 1.06 bits per heavy atom. The molecule has 2 aromatic carbocycles. The Kier molecular flexibility index (Phi) is 6.69. The fraction of sp³-hybridized carbons (Fsp3) is 0.0909. The molecule has 0 radical (unpaired) electrons. The van der Waals surface area contributed by atoms with Gasteiger partial charge in [-0.25, -0.2) is 17.8 Å². The summed E-state index contributed by atoms with van der Waals surface area (Å²) in [5.74, 6) is -0.977. The number of halogens is 4. The Labute approximate surface area is 207 Å². The second kappa shape index (κ2) is 9.59. The van der Waals surface area contributed by atoms with Crippen LogP contribution in [-0.4, -0.2) is 34.0 Å². The largest absolute Gasteiger partial charge is 0.573 e. The number of aromatic nitrogens is 3. The molecule has 2 N–H and O–H groups in total. The molecule has 188 valence electrons. The summed E-state index contributed by atoms with van der Waals surface area (Å²) in [6.45, 7) is -0.157. The number of anilines is 1.